The molecule has 0 aromatic carbocycles. The molecule has 0 spiro atoms. The molecule has 2 nitrogen and oxygen atoms in total. The first kappa shape index (κ1) is 8.08. The summed E-state index contributed by atoms with van der Waals surface area (Å²) in [6.45, 7) is 1.11. The average Bonchev–Trinajstić information content (AvgIpc) is 2.62. The van der Waals surface area contributed by atoms with E-state index in [9.17, 15) is 0 Å². The molecule has 66 valence electrons. The number of hydrogen-bond acceptors (Lipinski definition) is 3. The van der Waals surface area contributed by atoms with Crippen molar-refractivity contribution in [1.82, 2.24) is 0 Å². The van der Waals surface area contributed by atoms with E-state index in [-0.39, 0.29) is 6.61 Å². The van der Waals surface area contributed by atoms with Gasteiger partial charge in [-0.2, -0.15) is 0 Å². The zero-order valence-corrected chi connectivity index (χ0v) is 7.69. The average molecular weight is 184 g/mol. The quantitative estimate of drug-likeness (QED) is 0.773. The van der Waals surface area contributed by atoms with Crippen LogP contribution in [0.1, 0.15) is 16.9 Å². The van der Waals surface area contributed by atoms with Gasteiger partial charge in [0.05, 0.1) is 6.61 Å². The molecule has 1 aliphatic heterocycles. The van der Waals surface area contributed by atoms with Crippen LogP contribution in [0.2, 0.25) is 0 Å². The summed E-state index contributed by atoms with van der Waals surface area (Å²) in [4.78, 5) is 1.30. The second kappa shape index (κ2) is 3.46. The van der Waals surface area contributed by atoms with Crippen LogP contribution in [0.15, 0.2) is 5.38 Å². The van der Waals surface area contributed by atoms with E-state index in [2.05, 4.69) is 5.38 Å². The third kappa shape index (κ3) is 1.34. The molecule has 2 rings (SSSR count). The Balaban J connectivity index is 2.11. The van der Waals surface area contributed by atoms with Crippen molar-refractivity contribution in [3.05, 3.63) is 15.8 Å². The molecule has 1 N–H and O–H groups in total. The number of fused-ring (bicyclic) bond motifs is 1. The summed E-state index contributed by atoms with van der Waals surface area (Å²) < 4.78 is 5.50. The zero-order valence-electron chi connectivity index (χ0n) is 6.88. The molecule has 0 bridgehead atoms. The van der Waals surface area contributed by atoms with Crippen LogP contribution in [0.3, 0.4) is 0 Å². The Labute approximate surface area is 75.8 Å². The molecule has 1 aromatic heterocycles. The van der Waals surface area contributed by atoms with Gasteiger partial charge in [-0.3, -0.25) is 0 Å². The number of rotatable bonds is 3. The van der Waals surface area contributed by atoms with E-state index in [0.29, 0.717) is 0 Å². The van der Waals surface area contributed by atoms with Crippen LogP contribution in [-0.2, 0) is 12.8 Å². The number of aliphatic hydroxyl groups is 1. The van der Waals surface area contributed by atoms with E-state index in [0.717, 1.165) is 31.6 Å². The van der Waals surface area contributed by atoms with Crippen molar-refractivity contribution in [1.29, 1.82) is 0 Å². The second-order valence-electron chi connectivity index (χ2n) is 2.94. The summed E-state index contributed by atoms with van der Waals surface area (Å²) >= 11 is 1.76. The summed E-state index contributed by atoms with van der Waals surface area (Å²) in [5, 5.41) is 10.9. The fraction of sp³-hybridized carbons (Fsp3) is 0.556. The van der Waals surface area contributed by atoms with Crippen molar-refractivity contribution in [3.63, 3.8) is 0 Å². The summed E-state index contributed by atoms with van der Waals surface area (Å²) in [7, 11) is 0. The molecule has 1 aromatic rings. The highest BCUT2D eigenvalue weighted by molar-refractivity contribution is 7.10. The second-order valence-corrected chi connectivity index (χ2v) is 3.90. The van der Waals surface area contributed by atoms with E-state index < -0.39 is 0 Å². The Kier molecular flexibility index (Phi) is 2.33. The van der Waals surface area contributed by atoms with Gasteiger partial charge in [0.2, 0.25) is 0 Å². The van der Waals surface area contributed by atoms with Gasteiger partial charge >= 0.3 is 0 Å². The van der Waals surface area contributed by atoms with E-state index in [4.69, 9.17) is 9.84 Å². The van der Waals surface area contributed by atoms with Crippen LogP contribution in [0.25, 0.3) is 0 Å². The molecule has 0 unspecified atom stereocenters. The first-order valence-electron chi connectivity index (χ1n) is 4.24. The van der Waals surface area contributed by atoms with Crippen molar-refractivity contribution >= 4 is 11.3 Å². The monoisotopic (exact) mass is 184 g/mol. The third-order valence-corrected chi connectivity index (χ3v) is 3.14. The van der Waals surface area contributed by atoms with Gasteiger partial charge in [-0.1, -0.05) is 0 Å². The predicted octanol–water partition coefficient (Wildman–Crippen LogP) is 1.61. The Morgan fingerprint density at radius 1 is 1.58 bits per heavy atom. The maximum Gasteiger partial charge on any atom is 0.136 e. The van der Waals surface area contributed by atoms with Gasteiger partial charge < -0.3 is 9.84 Å². The van der Waals surface area contributed by atoms with Crippen molar-refractivity contribution < 1.29 is 9.84 Å². The maximum absolute atomic E-state index is 8.68. The predicted molar refractivity (Wildman–Crippen MR) is 48.9 cm³/mol. The highest BCUT2D eigenvalue weighted by Crippen LogP contribution is 2.35. The van der Waals surface area contributed by atoms with Crippen LogP contribution in [-0.4, -0.2) is 18.3 Å². The van der Waals surface area contributed by atoms with Crippen LogP contribution in [0, 0.1) is 0 Å². The maximum atomic E-state index is 8.68. The minimum Gasteiger partial charge on any atom is -0.492 e. The van der Waals surface area contributed by atoms with E-state index in [1.165, 1.54) is 10.4 Å². The minimum atomic E-state index is 0.271. The molecule has 1 aliphatic rings. The van der Waals surface area contributed by atoms with Gasteiger partial charge in [0.25, 0.3) is 0 Å². The number of thiophene rings is 1. The van der Waals surface area contributed by atoms with Crippen molar-refractivity contribution in [2.45, 2.75) is 19.3 Å². The van der Waals surface area contributed by atoms with Gasteiger partial charge in [0.1, 0.15) is 5.75 Å². The molecule has 0 amide bonds. The Hall–Kier alpha value is -0.540. The standard InChI is InChI=1S/C9H12O2S/c10-4-1-2-8-9-7(6-12-8)3-5-11-9/h6,10H,1-5H2. The Morgan fingerprint density at radius 3 is 3.33 bits per heavy atom. The lowest BCUT2D eigenvalue weighted by Crippen LogP contribution is -1.91. The number of hydrogen-bond donors (Lipinski definition) is 1. The SMILES string of the molecule is OCCCc1scc2c1OCC2. The third-order valence-electron chi connectivity index (χ3n) is 2.07. The molecular weight excluding hydrogens is 172 g/mol. The van der Waals surface area contributed by atoms with Crippen LogP contribution >= 0.6 is 11.3 Å². The van der Waals surface area contributed by atoms with Gasteiger partial charge in [-0.05, 0) is 18.2 Å². The highest BCUT2D eigenvalue weighted by atomic mass is 32.1. The van der Waals surface area contributed by atoms with Crippen molar-refractivity contribution in [3.8, 4) is 5.75 Å². The molecule has 0 atom stereocenters. The number of aryl methyl sites for hydroxylation is 1. The molecule has 0 saturated carbocycles. The lowest BCUT2D eigenvalue weighted by atomic mass is 10.2. The summed E-state index contributed by atoms with van der Waals surface area (Å²) in [5.41, 5.74) is 1.35. The number of ether oxygens (including phenoxy) is 1. The van der Waals surface area contributed by atoms with Crippen LogP contribution < -0.4 is 4.74 Å². The fourth-order valence-electron chi connectivity index (χ4n) is 1.45. The fourth-order valence-corrected chi connectivity index (χ4v) is 2.52. The largest absolute Gasteiger partial charge is 0.492 e. The van der Waals surface area contributed by atoms with Crippen molar-refractivity contribution in [2.75, 3.05) is 13.2 Å². The Morgan fingerprint density at radius 2 is 2.50 bits per heavy atom. The smallest absolute Gasteiger partial charge is 0.136 e. The molecule has 0 fully saturated rings. The normalized spacial score (nSPS) is 14.4. The Bertz CT molecular complexity index is 267. The molecule has 0 radical (unpaired) electrons. The number of aliphatic hydroxyl groups excluding tert-OH is 1. The highest BCUT2D eigenvalue weighted by Gasteiger charge is 2.17. The first-order chi connectivity index (χ1) is 5.92. The van der Waals surface area contributed by atoms with Gasteiger partial charge in [-0.25, -0.2) is 0 Å². The summed E-state index contributed by atoms with van der Waals surface area (Å²) in [6, 6.07) is 0. The van der Waals surface area contributed by atoms with Crippen LogP contribution in [0.4, 0.5) is 0 Å². The zero-order chi connectivity index (χ0) is 8.39. The molecule has 12 heavy (non-hydrogen) atoms. The lowest BCUT2D eigenvalue weighted by Gasteiger charge is -1.99. The van der Waals surface area contributed by atoms with Gasteiger partial charge in [0, 0.05) is 23.5 Å². The molecular formula is C9H12O2S. The lowest BCUT2D eigenvalue weighted by molar-refractivity contribution is 0.288. The van der Waals surface area contributed by atoms with E-state index in [1.807, 2.05) is 0 Å². The molecule has 2 heterocycles. The van der Waals surface area contributed by atoms with Crippen molar-refractivity contribution in [2.24, 2.45) is 0 Å². The van der Waals surface area contributed by atoms with E-state index in [1.54, 1.807) is 11.3 Å². The minimum absolute atomic E-state index is 0.271. The molecule has 0 saturated heterocycles. The topological polar surface area (TPSA) is 29.5 Å². The molecule has 3 heteroatoms. The van der Waals surface area contributed by atoms with Gasteiger partial charge in [-0.15, -0.1) is 11.3 Å². The summed E-state index contributed by atoms with van der Waals surface area (Å²) in [6.07, 6.45) is 2.86. The summed E-state index contributed by atoms with van der Waals surface area (Å²) in [5.74, 6) is 1.11. The first-order valence-corrected chi connectivity index (χ1v) is 5.12. The van der Waals surface area contributed by atoms with Gasteiger partial charge in [0.15, 0.2) is 0 Å². The van der Waals surface area contributed by atoms with E-state index >= 15 is 0 Å². The molecule has 0 aliphatic carbocycles. The van der Waals surface area contributed by atoms with Crippen LogP contribution in [0.5, 0.6) is 5.75 Å².